The third-order valence-electron chi connectivity index (χ3n) is 3.77. The van der Waals surface area contributed by atoms with E-state index in [0.29, 0.717) is 24.2 Å². The van der Waals surface area contributed by atoms with Gasteiger partial charge in [-0.05, 0) is 18.6 Å². The normalized spacial score (nSPS) is 18.6. The van der Waals surface area contributed by atoms with E-state index in [0.717, 1.165) is 12.1 Å². The summed E-state index contributed by atoms with van der Waals surface area (Å²) >= 11 is 0. The number of ether oxygens (including phenoxy) is 2. The zero-order valence-electron chi connectivity index (χ0n) is 10.7. The van der Waals surface area contributed by atoms with Crippen molar-refractivity contribution >= 4 is 0 Å². The van der Waals surface area contributed by atoms with E-state index >= 15 is 0 Å². The zero-order chi connectivity index (χ0) is 13.6. The van der Waals surface area contributed by atoms with Crippen molar-refractivity contribution in [2.45, 2.75) is 25.0 Å². The average molecular weight is 271 g/mol. The molecule has 0 unspecified atom stereocenters. The maximum atomic E-state index is 12.5. The minimum Gasteiger partial charge on any atom is -0.456 e. The van der Waals surface area contributed by atoms with Crippen LogP contribution < -0.4 is 5.56 Å². The Bertz CT molecular complexity index is 722. The van der Waals surface area contributed by atoms with Crippen LogP contribution in [0.15, 0.2) is 41.7 Å². The highest BCUT2D eigenvalue weighted by atomic mass is 16.7. The first-order chi connectivity index (χ1) is 9.77. The topological polar surface area (TPSA) is 69.1 Å². The minimum atomic E-state index is -0.698. The molecule has 0 atom stereocenters. The second-order valence-electron chi connectivity index (χ2n) is 4.99. The Hall–Kier alpha value is -2.50. The summed E-state index contributed by atoms with van der Waals surface area (Å²) in [6.07, 6.45) is 6.62. The van der Waals surface area contributed by atoms with Crippen LogP contribution in [-0.4, -0.2) is 20.6 Å². The van der Waals surface area contributed by atoms with Crippen molar-refractivity contribution in [3.63, 3.8) is 0 Å². The van der Waals surface area contributed by atoms with Crippen LogP contribution in [-0.2, 0) is 22.3 Å². The quantitative estimate of drug-likeness (QED) is 0.848. The van der Waals surface area contributed by atoms with Crippen molar-refractivity contribution in [2.24, 2.45) is 0 Å². The molecule has 6 nitrogen and oxygen atoms in total. The van der Waals surface area contributed by atoms with E-state index in [9.17, 15) is 4.79 Å². The van der Waals surface area contributed by atoms with Gasteiger partial charge in [-0.15, -0.1) is 0 Å². The van der Waals surface area contributed by atoms with E-state index in [-0.39, 0.29) is 5.56 Å². The Morgan fingerprint density at radius 3 is 2.90 bits per heavy atom. The van der Waals surface area contributed by atoms with Gasteiger partial charge in [-0.3, -0.25) is 9.89 Å². The Kier molecular flexibility index (Phi) is 2.26. The third kappa shape index (κ3) is 1.57. The van der Waals surface area contributed by atoms with Crippen molar-refractivity contribution in [1.82, 2.24) is 14.8 Å². The Morgan fingerprint density at radius 1 is 1.30 bits per heavy atom. The molecule has 0 saturated carbocycles. The van der Waals surface area contributed by atoms with Crippen molar-refractivity contribution < 1.29 is 9.47 Å². The summed E-state index contributed by atoms with van der Waals surface area (Å²) in [5.74, 6) is -0.108. The van der Waals surface area contributed by atoms with E-state index < -0.39 is 5.79 Å². The summed E-state index contributed by atoms with van der Waals surface area (Å²) in [6.45, 7) is 0. The molecule has 1 aliphatic carbocycles. The number of pyridine rings is 1. The lowest BCUT2D eigenvalue weighted by atomic mass is 9.92. The number of aromatic nitrogens is 3. The average Bonchev–Trinajstić information content (AvgIpc) is 3.07. The van der Waals surface area contributed by atoms with Crippen molar-refractivity contribution in [1.29, 1.82) is 0 Å². The van der Waals surface area contributed by atoms with Gasteiger partial charge in [-0.1, -0.05) is 6.07 Å². The molecule has 0 radical (unpaired) electrons. The van der Waals surface area contributed by atoms with Crippen LogP contribution in [0.2, 0.25) is 0 Å². The first-order valence-corrected chi connectivity index (χ1v) is 6.52. The lowest BCUT2D eigenvalue weighted by molar-refractivity contribution is -0.148. The zero-order valence-corrected chi connectivity index (χ0v) is 10.7. The minimum absolute atomic E-state index is 0.0862. The molecule has 0 bridgehead atoms. The van der Waals surface area contributed by atoms with Crippen LogP contribution in [0.5, 0.6) is 0 Å². The van der Waals surface area contributed by atoms with Crippen LogP contribution in [0.4, 0.5) is 0 Å². The van der Waals surface area contributed by atoms with Gasteiger partial charge in [-0.25, -0.2) is 9.67 Å². The number of hydrogen-bond donors (Lipinski definition) is 1. The van der Waals surface area contributed by atoms with Gasteiger partial charge in [0, 0.05) is 23.9 Å². The number of fused-ring (bicyclic) bond motifs is 1. The van der Waals surface area contributed by atoms with Gasteiger partial charge in [0.2, 0.25) is 0 Å². The fraction of sp³-hybridized carbons (Fsp3) is 0.286. The number of rotatable bonds is 1. The van der Waals surface area contributed by atoms with E-state index in [1.165, 1.54) is 17.2 Å². The molecule has 1 aliphatic heterocycles. The number of aromatic amines is 1. The predicted octanol–water partition coefficient (Wildman–Crippen LogP) is 1.26. The molecule has 3 heterocycles. The highest BCUT2D eigenvalue weighted by molar-refractivity contribution is 5.29. The number of aryl methyl sites for hydroxylation is 1. The molecule has 2 aromatic heterocycles. The van der Waals surface area contributed by atoms with E-state index in [1.54, 1.807) is 12.3 Å². The Labute approximate surface area is 114 Å². The molecule has 2 aliphatic rings. The molecule has 1 spiro atoms. The smallest absolute Gasteiger partial charge is 0.276 e. The highest BCUT2D eigenvalue weighted by Gasteiger charge is 2.41. The van der Waals surface area contributed by atoms with E-state index in [4.69, 9.17) is 9.47 Å². The van der Waals surface area contributed by atoms with Gasteiger partial charge in [0.05, 0.1) is 6.42 Å². The number of H-pyrrole nitrogens is 1. The van der Waals surface area contributed by atoms with Gasteiger partial charge in [-0.2, -0.15) is 0 Å². The molecule has 0 aromatic carbocycles. The molecule has 0 fully saturated rings. The number of nitrogens with one attached hydrogen (secondary N) is 1. The Morgan fingerprint density at radius 2 is 2.15 bits per heavy atom. The molecule has 1 N–H and O–H groups in total. The fourth-order valence-corrected chi connectivity index (χ4v) is 2.76. The first kappa shape index (κ1) is 11.3. The van der Waals surface area contributed by atoms with Gasteiger partial charge in [0.25, 0.3) is 11.3 Å². The molecule has 0 amide bonds. The van der Waals surface area contributed by atoms with Gasteiger partial charge in [0.15, 0.2) is 5.82 Å². The molecule has 102 valence electrons. The Balaban J connectivity index is 1.77. The monoisotopic (exact) mass is 271 g/mol. The van der Waals surface area contributed by atoms with Crippen molar-refractivity contribution in [2.75, 3.05) is 0 Å². The maximum Gasteiger partial charge on any atom is 0.276 e. The SMILES string of the molecule is O=c1c2c([nH]n1-c1ccccn1)CCC1(C2)OC=CO1. The summed E-state index contributed by atoms with van der Waals surface area (Å²) in [5.41, 5.74) is 1.56. The first-order valence-electron chi connectivity index (χ1n) is 6.52. The largest absolute Gasteiger partial charge is 0.456 e. The predicted molar refractivity (Wildman–Crippen MR) is 70.3 cm³/mol. The summed E-state index contributed by atoms with van der Waals surface area (Å²) in [4.78, 5) is 16.7. The van der Waals surface area contributed by atoms with E-state index in [2.05, 4.69) is 10.1 Å². The summed E-state index contributed by atoms with van der Waals surface area (Å²) < 4.78 is 12.5. The molecule has 4 rings (SSSR count). The van der Waals surface area contributed by atoms with E-state index in [1.807, 2.05) is 12.1 Å². The second-order valence-corrected chi connectivity index (χ2v) is 4.99. The summed E-state index contributed by atoms with van der Waals surface area (Å²) in [5, 5.41) is 3.13. The molecule has 0 saturated heterocycles. The molecule has 6 heteroatoms. The molecular formula is C14H13N3O3. The number of nitrogens with zero attached hydrogens (tertiary/aromatic N) is 2. The lowest BCUT2D eigenvalue weighted by Crippen LogP contribution is -2.38. The lowest BCUT2D eigenvalue weighted by Gasteiger charge is -2.30. The van der Waals surface area contributed by atoms with Crippen LogP contribution >= 0.6 is 0 Å². The highest BCUT2D eigenvalue weighted by Crippen LogP contribution is 2.34. The van der Waals surface area contributed by atoms with Gasteiger partial charge < -0.3 is 9.47 Å². The van der Waals surface area contributed by atoms with Gasteiger partial charge >= 0.3 is 0 Å². The number of hydrogen-bond acceptors (Lipinski definition) is 4. The third-order valence-corrected chi connectivity index (χ3v) is 3.77. The fourth-order valence-electron chi connectivity index (χ4n) is 2.76. The summed E-state index contributed by atoms with van der Waals surface area (Å²) in [7, 11) is 0. The van der Waals surface area contributed by atoms with Crippen LogP contribution in [0.3, 0.4) is 0 Å². The second kappa shape index (κ2) is 4.00. The summed E-state index contributed by atoms with van der Waals surface area (Å²) in [6, 6.07) is 5.46. The molecular weight excluding hydrogens is 258 g/mol. The van der Waals surface area contributed by atoms with Gasteiger partial charge in [0.1, 0.15) is 12.5 Å². The standard InChI is InChI=1S/C14H13N3O3/c18-13-10-9-14(19-7-8-20-14)5-4-11(10)16-17(13)12-3-1-2-6-15-12/h1-3,6-8,16H,4-5,9H2. The maximum absolute atomic E-state index is 12.5. The van der Waals surface area contributed by atoms with Crippen molar-refractivity contribution in [3.05, 3.63) is 58.5 Å². The van der Waals surface area contributed by atoms with Crippen molar-refractivity contribution in [3.8, 4) is 5.82 Å². The molecule has 20 heavy (non-hydrogen) atoms. The van der Waals surface area contributed by atoms with Crippen LogP contribution in [0.1, 0.15) is 17.7 Å². The van der Waals surface area contributed by atoms with Crippen LogP contribution in [0.25, 0.3) is 5.82 Å². The van der Waals surface area contributed by atoms with Crippen LogP contribution in [0, 0.1) is 0 Å². The molecule has 2 aromatic rings.